The van der Waals surface area contributed by atoms with Gasteiger partial charge in [0.1, 0.15) is 0 Å². The van der Waals surface area contributed by atoms with Gasteiger partial charge in [0, 0.05) is 37.4 Å². The van der Waals surface area contributed by atoms with Crippen molar-refractivity contribution in [3.8, 4) is 0 Å². The number of hydrogen-bond donors (Lipinski definition) is 0. The predicted octanol–water partition coefficient (Wildman–Crippen LogP) is 4.75. The fraction of sp³-hybridized carbons (Fsp3) is 1.00. The molecule has 148 valence electrons. The van der Waals surface area contributed by atoms with Crippen LogP contribution in [0.15, 0.2) is 0 Å². The molecule has 2 saturated heterocycles. The Hall–Kier alpha value is -0.0600. The van der Waals surface area contributed by atoms with Gasteiger partial charge in [-0.3, -0.25) is 0 Å². The summed E-state index contributed by atoms with van der Waals surface area (Å²) in [4.78, 5) is 0. The van der Waals surface area contributed by atoms with Crippen molar-refractivity contribution in [2.75, 3.05) is 26.2 Å². The second-order valence-electron chi connectivity index (χ2n) is 6.08. The van der Waals surface area contributed by atoms with Crippen molar-refractivity contribution in [3.63, 3.8) is 0 Å². The first-order chi connectivity index (χ1) is 11.4. The van der Waals surface area contributed by atoms with Crippen LogP contribution in [0.2, 0.25) is 0 Å². The molecule has 0 aromatic heterocycles. The van der Waals surface area contributed by atoms with E-state index in [1.54, 1.807) is 0 Å². The van der Waals surface area contributed by atoms with Crippen molar-refractivity contribution in [2.24, 2.45) is 11.8 Å². The lowest BCUT2D eigenvalue weighted by Crippen LogP contribution is -2.40. The summed E-state index contributed by atoms with van der Waals surface area (Å²) in [7, 11) is 0. The average Bonchev–Trinajstić information content (AvgIpc) is 2.45. The van der Waals surface area contributed by atoms with E-state index in [1.807, 2.05) is 0 Å². The molecule has 0 aliphatic carbocycles. The van der Waals surface area contributed by atoms with Crippen LogP contribution < -0.4 is 0 Å². The summed E-state index contributed by atoms with van der Waals surface area (Å²) in [6, 6.07) is 0. The van der Waals surface area contributed by atoms with Crippen LogP contribution in [-0.2, 0) is 13.8 Å². The number of rotatable bonds is 4. The molecule has 0 spiro atoms. The standard InChI is InChI=1S/C12H18ClF6N2O3P/c13-25(22,23-20-5-1-9(2-6-20)11(14,15)16)24-21-7-3-10(4-8-21)12(17,18)19/h9-10H,1-8H2. The van der Waals surface area contributed by atoms with E-state index >= 15 is 0 Å². The molecule has 2 rings (SSSR count). The lowest BCUT2D eigenvalue weighted by molar-refractivity contribution is -0.209. The summed E-state index contributed by atoms with van der Waals surface area (Å²) in [6.45, 7) is -4.69. The monoisotopic (exact) mass is 418 g/mol. The van der Waals surface area contributed by atoms with E-state index in [4.69, 9.17) is 20.5 Å². The smallest absolute Gasteiger partial charge is 0.238 e. The van der Waals surface area contributed by atoms with Gasteiger partial charge in [0.15, 0.2) is 0 Å². The summed E-state index contributed by atoms with van der Waals surface area (Å²) in [5.41, 5.74) is 0. The molecule has 0 bridgehead atoms. The minimum absolute atomic E-state index is 0.125. The van der Waals surface area contributed by atoms with Crippen LogP contribution in [0, 0.1) is 11.8 Å². The summed E-state index contributed by atoms with van der Waals surface area (Å²) >= 11 is 5.64. The SMILES string of the molecule is O=P(Cl)(ON1CCC(C(F)(F)F)CC1)ON1CCC(C(F)(F)F)CC1. The highest BCUT2D eigenvalue weighted by atomic mass is 35.7. The molecule has 0 saturated carbocycles. The second kappa shape index (κ2) is 7.90. The lowest BCUT2D eigenvalue weighted by Gasteiger charge is -2.35. The fourth-order valence-electron chi connectivity index (χ4n) is 2.82. The third kappa shape index (κ3) is 6.55. The van der Waals surface area contributed by atoms with Gasteiger partial charge in [0.05, 0.1) is 11.8 Å². The van der Waals surface area contributed by atoms with E-state index in [0.717, 1.165) is 10.1 Å². The zero-order valence-corrected chi connectivity index (χ0v) is 14.7. The lowest BCUT2D eigenvalue weighted by atomic mass is 9.98. The van der Waals surface area contributed by atoms with Crippen molar-refractivity contribution < 1.29 is 40.2 Å². The van der Waals surface area contributed by atoms with Crippen LogP contribution in [0.5, 0.6) is 0 Å². The topological polar surface area (TPSA) is 42.0 Å². The molecule has 2 aliphatic rings. The molecule has 0 unspecified atom stereocenters. The summed E-state index contributed by atoms with van der Waals surface area (Å²) in [5, 5.41) is 2.08. The maximum Gasteiger partial charge on any atom is 0.457 e. The number of hydroxylamine groups is 4. The van der Waals surface area contributed by atoms with E-state index in [2.05, 4.69) is 0 Å². The van der Waals surface area contributed by atoms with Crippen molar-refractivity contribution in [3.05, 3.63) is 0 Å². The Bertz CT molecular complexity index is 450. The molecule has 0 atom stereocenters. The van der Waals surface area contributed by atoms with Crippen molar-refractivity contribution in [1.29, 1.82) is 0 Å². The number of piperidine rings is 2. The summed E-state index contributed by atoms with van der Waals surface area (Å²) < 4.78 is 97.5. The normalized spacial score (nSPS) is 24.0. The van der Waals surface area contributed by atoms with Crippen molar-refractivity contribution in [2.45, 2.75) is 38.0 Å². The van der Waals surface area contributed by atoms with Gasteiger partial charge in [0.2, 0.25) is 0 Å². The van der Waals surface area contributed by atoms with Crippen LogP contribution in [0.4, 0.5) is 26.3 Å². The highest BCUT2D eigenvalue weighted by Gasteiger charge is 2.44. The highest BCUT2D eigenvalue weighted by molar-refractivity contribution is 7.81. The minimum atomic E-state index is -4.30. The molecule has 5 nitrogen and oxygen atoms in total. The van der Waals surface area contributed by atoms with Gasteiger partial charge in [-0.2, -0.15) is 36.5 Å². The molecule has 0 aromatic rings. The van der Waals surface area contributed by atoms with E-state index in [-0.39, 0.29) is 51.9 Å². The van der Waals surface area contributed by atoms with Crippen LogP contribution in [-0.4, -0.2) is 48.7 Å². The predicted molar refractivity (Wildman–Crippen MR) is 76.3 cm³/mol. The average molecular weight is 419 g/mol. The van der Waals surface area contributed by atoms with E-state index < -0.39 is 31.1 Å². The fourth-order valence-corrected chi connectivity index (χ4v) is 4.25. The van der Waals surface area contributed by atoms with Gasteiger partial charge in [-0.25, -0.2) is 13.8 Å². The van der Waals surface area contributed by atoms with Gasteiger partial charge in [-0.1, -0.05) is 0 Å². The third-order valence-corrected chi connectivity index (χ3v) is 5.48. The van der Waals surface area contributed by atoms with E-state index in [0.29, 0.717) is 0 Å². The Morgan fingerprint density at radius 1 is 0.760 bits per heavy atom. The Kier molecular flexibility index (Phi) is 6.71. The Labute approximate surface area is 145 Å². The maximum atomic E-state index is 12.6. The molecule has 2 heterocycles. The molecule has 0 amide bonds. The summed E-state index contributed by atoms with van der Waals surface area (Å²) in [6.07, 6.45) is -9.49. The molecule has 2 aliphatic heterocycles. The molecule has 0 radical (unpaired) electrons. The van der Waals surface area contributed by atoms with Gasteiger partial charge in [-0.05, 0) is 25.7 Å². The zero-order valence-electron chi connectivity index (χ0n) is 13.0. The number of nitrogens with zero attached hydrogens (tertiary/aromatic N) is 2. The quantitative estimate of drug-likeness (QED) is 0.487. The van der Waals surface area contributed by atoms with Crippen LogP contribution >= 0.6 is 18.2 Å². The Morgan fingerprint density at radius 3 is 1.28 bits per heavy atom. The van der Waals surface area contributed by atoms with E-state index in [9.17, 15) is 30.9 Å². The Balaban J connectivity index is 1.77. The molecule has 0 N–H and O–H groups in total. The number of alkyl halides is 6. The highest BCUT2D eigenvalue weighted by Crippen LogP contribution is 2.56. The van der Waals surface area contributed by atoms with Crippen LogP contribution in [0.1, 0.15) is 25.7 Å². The molecule has 13 heteroatoms. The van der Waals surface area contributed by atoms with Gasteiger partial charge in [-0.15, -0.1) is 0 Å². The van der Waals surface area contributed by atoms with E-state index in [1.165, 1.54) is 0 Å². The minimum Gasteiger partial charge on any atom is -0.238 e. The number of hydrogen-bond acceptors (Lipinski definition) is 5. The largest absolute Gasteiger partial charge is 0.457 e. The van der Waals surface area contributed by atoms with Gasteiger partial charge in [0.25, 0.3) is 0 Å². The molecular weight excluding hydrogens is 401 g/mol. The second-order valence-corrected chi connectivity index (χ2v) is 8.51. The third-order valence-electron chi connectivity index (χ3n) is 4.26. The molecule has 0 aromatic carbocycles. The molecule has 2 fully saturated rings. The summed E-state index contributed by atoms with van der Waals surface area (Å²) in [5.74, 6) is -2.91. The van der Waals surface area contributed by atoms with Crippen LogP contribution in [0.25, 0.3) is 0 Å². The van der Waals surface area contributed by atoms with Crippen LogP contribution in [0.3, 0.4) is 0 Å². The number of halogens is 7. The van der Waals surface area contributed by atoms with Gasteiger partial charge >= 0.3 is 19.3 Å². The first-order valence-corrected chi connectivity index (χ1v) is 10.1. The maximum absolute atomic E-state index is 12.6. The van der Waals surface area contributed by atoms with Gasteiger partial charge < -0.3 is 0 Å². The molecular formula is C12H18ClF6N2O3P. The molecule has 25 heavy (non-hydrogen) atoms. The van der Waals surface area contributed by atoms with Crippen molar-refractivity contribution in [1.82, 2.24) is 10.1 Å². The zero-order chi connectivity index (χ0) is 18.9. The van der Waals surface area contributed by atoms with Crippen molar-refractivity contribution >= 4 is 18.2 Å². The first kappa shape index (κ1) is 21.2. The Morgan fingerprint density at radius 2 is 1.04 bits per heavy atom. The first-order valence-electron chi connectivity index (χ1n) is 7.69.